The second-order valence-corrected chi connectivity index (χ2v) is 5.85. The summed E-state index contributed by atoms with van der Waals surface area (Å²) in [5.74, 6) is 0. The molecule has 1 aliphatic rings. The van der Waals surface area contributed by atoms with Gasteiger partial charge in [-0.15, -0.1) is 0 Å². The van der Waals surface area contributed by atoms with Gasteiger partial charge in [0.25, 0.3) is 0 Å². The van der Waals surface area contributed by atoms with Crippen LogP contribution in [0.15, 0.2) is 24.5 Å². The Labute approximate surface area is 116 Å². The summed E-state index contributed by atoms with van der Waals surface area (Å²) in [6.07, 6.45) is 5.03. The molecule has 2 rings (SSSR count). The predicted octanol–water partition coefficient (Wildman–Crippen LogP) is 1.20. The van der Waals surface area contributed by atoms with Crippen molar-refractivity contribution in [1.82, 2.24) is 20.1 Å². The zero-order valence-electron chi connectivity index (χ0n) is 12.3. The number of rotatable bonds is 4. The lowest BCUT2D eigenvalue weighted by Gasteiger charge is -2.31. The molecule has 0 spiro atoms. The van der Waals surface area contributed by atoms with E-state index in [0.717, 1.165) is 26.2 Å². The van der Waals surface area contributed by atoms with Crippen molar-refractivity contribution in [3.63, 3.8) is 0 Å². The lowest BCUT2D eigenvalue weighted by atomic mass is 10.2. The molecule has 1 N–H and O–H groups in total. The lowest BCUT2D eigenvalue weighted by Crippen LogP contribution is -2.45. The van der Waals surface area contributed by atoms with Gasteiger partial charge in [-0.05, 0) is 39.1 Å². The maximum atomic E-state index is 4.22. The molecule has 1 aliphatic heterocycles. The van der Waals surface area contributed by atoms with E-state index in [1.165, 1.54) is 12.0 Å². The molecule has 0 saturated carbocycles. The average molecular weight is 262 g/mol. The number of pyridine rings is 1. The van der Waals surface area contributed by atoms with Crippen molar-refractivity contribution in [3.05, 3.63) is 30.1 Å². The van der Waals surface area contributed by atoms with Crippen LogP contribution in [0, 0.1) is 0 Å². The molecule has 0 aromatic carbocycles. The molecule has 0 amide bonds. The summed E-state index contributed by atoms with van der Waals surface area (Å²) in [6.45, 7) is 6.60. The first kappa shape index (κ1) is 14.4. The molecule has 4 heteroatoms. The topological polar surface area (TPSA) is 31.4 Å². The maximum absolute atomic E-state index is 4.22. The molecule has 0 radical (unpaired) electrons. The fourth-order valence-electron chi connectivity index (χ4n) is 2.65. The van der Waals surface area contributed by atoms with Crippen LogP contribution in [0.3, 0.4) is 0 Å². The summed E-state index contributed by atoms with van der Waals surface area (Å²) in [6, 6.07) is 5.37. The van der Waals surface area contributed by atoms with E-state index in [9.17, 15) is 0 Å². The first-order chi connectivity index (χ1) is 9.15. The Hall–Kier alpha value is -0.970. The molecule has 1 saturated heterocycles. The number of aromatic nitrogens is 1. The monoisotopic (exact) mass is 262 g/mol. The molecule has 2 heterocycles. The molecule has 19 heavy (non-hydrogen) atoms. The number of hydrogen-bond acceptors (Lipinski definition) is 4. The summed E-state index contributed by atoms with van der Waals surface area (Å²) in [5.41, 5.74) is 1.31. The number of likely N-dealkylation sites (N-methyl/N-ethyl adjacent to an activating group) is 1. The van der Waals surface area contributed by atoms with E-state index >= 15 is 0 Å². The molecule has 1 aromatic heterocycles. The number of hydrogen-bond donors (Lipinski definition) is 1. The minimum absolute atomic E-state index is 0.570. The Kier molecular flexibility index (Phi) is 5.31. The van der Waals surface area contributed by atoms with Gasteiger partial charge in [-0.2, -0.15) is 0 Å². The Balaban J connectivity index is 2.04. The zero-order valence-corrected chi connectivity index (χ0v) is 12.3. The van der Waals surface area contributed by atoms with Gasteiger partial charge < -0.3 is 10.2 Å². The highest BCUT2D eigenvalue weighted by molar-refractivity contribution is 5.08. The van der Waals surface area contributed by atoms with Gasteiger partial charge in [0.1, 0.15) is 0 Å². The zero-order chi connectivity index (χ0) is 13.7. The Morgan fingerprint density at radius 1 is 1.47 bits per heavy atom. The SMILES string of the molecule is CC1CCN(Cc2cccnc2)C(CN(C)C)CN1. The largest absolute Gasteiger partial charge is 0.313 e. The number of nitrogens with one attached hydrogen (secondary N) is 1. The Morgan fingerprint density at radius 2 is 2.32 bits per heavy atom. The van der Waals surface area contributed by atoms with E-state index in [0.29, 0.717) is 12.1 Å². The Morgan fingerprint density at radius 3 is 3.00 bits per heavy atom. The smallest absolute Gasteiger partial charge is 0.0351 e. The van der Waals surface area contributed by atoms with E-state index < -0.39 is 0 Å². The van der Waals surface area contributed by atoms with Crippen molar-refractivity contribution in [1.29, 1.82) is 0 Å². The van der Waals surface area contributed by atoms with Crippen molar-refractivity contribution >= 4 is 0 Å². The van der Waals surface area contributed by atoms with Crippen LogP contribution in [0.4, 0.5) is 0 Å². The van der Waals surface area contributed by atoms with Gasteiger partial charge in [0, 0.05) is 50.7 Å². The molecule has 1 fully saturated rings. The fraction of sp³-hybridized carbons (Fsp3) is 0.667. The summed E-state index contributed by atoms with van der Waals surface area (Å²) in [5, 5.41) is 3.63. The van der Waals surface area contributed by atoms with E-state index in [-0.39, 0.29) is 0 Å². The standard InChI is InChI=1S/C15H26N4/c1-13-6-8-19(11-14-5-4-7-16-9-14)15(10-17-13)12-18(2)3/h4-5,7,9,13,15,17H,6,8,10-12H2,1-3H3. The molecule has 0 aliphatic carbocycles. The maximum Gasteiger partial charge on any atom is 0.0351 e. The highest BCUT2D eigenvalue weighted by Gasteiger charge is 2.23. The van der Waals surface area contributed by atoms with E-state index in [1.807, 2.05) is 18.5 Å². The quantitative estimate of drug-likeness (QED) is 0.883. The van der Waals surface area contributed by atoms with Gasteiger partial charge in [0.15, 0.2) is 0 Å². The fourth-order valence-corrected chi connectivity index (χ4v) is 2.65. The highest BCUT2D eigenvalue weighted by Crippen LogP contribution is 2.13. The van der Waals surface area contributed by atoms with Crippen LogP contribution < -0.4 is 5.32 Å². The van der Waals surface area contributed by atoms with Crippen LogP contribution >= 0.6 is 0 Å². The van der Waals surface area contributed by atoms with Crippen molar-refractivity contribution in [3.8, 4) is 0 Å². The summed E-state index contributed by atoms with van der Waals surface area (Å²) in [4.78, 5) is 9.09. The first-order valence-corrected chi connectivity index (χ1v) is 7.16. The third-order valence-corrected chi connectivity index (χ3v) is 3.75. The van der Waals surface area contributed by atoms with Gasteiger partial charge in [0.2, 0.25) is 0 Å². The van der Waals surface area contributed by atoms with Crippen LogP contribution in [-0.2, 0) is 6.54 Å². The second-order valence-electron chi connectivity index (χ2n) is 5.85. The number of nitrogens with zero attached hydrogens (tertiary/aromatic N) is 3. The van der Waals surface area contributed by atoms with Crippen LogP contribution in [-0.4, -0.2) is 60.6 Å². The van der Waals surface area contributed by atoms with Crippen LogP contribution in [0.2, 0.25) is 0 Å². The molecular formula is C15H26N4. The summed E-state index contributed by atoms with van der Waals surface area (Å²) >= 11 is 0. The summed E-state index contributed by atoms with van der Waals surface area (Å²) < 4.78 is 0. The Bertz CT molecular complexity index is 366. The molecule has 1 aromatic rings. The third-order valence-electron chi connectivity index (χ3n) is 3.75. The van der Waals surface area contributed by atoms with Crippen LogP contribution in [0.25, 0.3) is 0 Å². The highest BCUT2D eigenvalue weighted by atomic mass is 15.2. The molecule has 2 atom stereocenters. The van der Waals surface area contributed by atoms with Gasteiger partial charge >= 0.3 is 0 Å². The van der Waals surface area contributed by atoms with E-state index in [4.69, 9.17) is 0 Å². The molecule has 4 nitrogen and oxygen atoms in total. The average Bonchev–Trinajstić information content (AvgIpc) is 2.55. The van der Waals surface area contributed by atoms with Gasteiger partial charge in [-0.25, -0.2) is 0 Å². The minimum atomic E-state index is 0.570. The van der Waals surface area contributed by atoms with Crippen molar-refractivity contribution in [2.75, 3.05) is 33.7 Å². The predicted molar refractivity (Wildman–Crippen MR) is 79.1 cm³/mol. The molecule has 2 unspecified atom stereocenters. The summed E-state index contributed by atoms with van der Waals surface area (Å²) in [7, 11) is 4.30. The first-order valence-electron chi connectivity index (χ1n) is 7.16. The van der Waals surface area contributed by atoms with Crippen LogP contribution in [0.5, 0.6) is 0 Å². The molecular weight excluding hydrogens is 236 g/mol. The lowest BCUT2D eigenvalue weighted by molar-refractivity contribution is 0.164. The molecule has 0 bridgehead atoms. The van der Waals surface area contributed by atoms with Crippen LogP contribution in [0.1, 0.15) is 18.9 Å². The van der Waals surface area contributed by atoms with E-state index in [2.05, 4.69) is 47.2 Å². The second kappa shape index (κ2) is 6.98. The third kappa shape index (κ3) is 4.56. The van der Waals surface area contributed by atoms with Crippen molar-refractivity contribution < 1.29 is 0 Å². The van der Waals surface area contributed by atoms with Gasteiger partial charge in [-0.3, -0.25) is 9.88 Å². The van der Waals surface area contributed by atoms with Crippen molar-refractivity contribution in [2.24, 2.45) is 0 Å². The van der Waals surface area contributed by atoms with Gasteiger partial charge in [0.05, 0.1) is 0 Å². The minimum Gasteiger partial charge on any atom is -0.313 e. The van der Waals surface area contributed by atoms with E-state index in [1.54, 1.807) is 0 Å². The van der Waals surface area contributed by atoms with Gasteiger partial charge in [-0.1, -0.05) is 6.07 Å². The molecule has 106 valence electrons. The normalized spacial score (nSPS) is 25.5. The van der Waals surface area contributed by atoms with Crippen molar-refractivity contribution in [2.45, 2.75) is 32.0 Å².